The van der Waals surface area contributed by atoms with E-state index in [9.17, 15) is 22.0 Å². The fourth-order valence-electron chi connectivity index (χ4n) is 0.715. The number of rotatable bonds is 0. The Morgan fingerprint density at radius 2 is 0.846 bits per heavy atom. The standard InChI is InChI=1S/C6H2BF5.H3N/c7-1-2(8)4(10)6(12)5(11)3(1)9;/h7H2;1H3. The molecule has 0 aromatic heterocycles. The molecule has 0 saturated carbocycles. The van der Waals surface area contributed by atoms with E-state index >= 15 is 0 Å². The SMILES string of the molecule is Bc1c(F)c(F)c(F)c(F)c1F.N. The van der Waals surface area contributed by atoms with Crippen LogP contribution in [-0.2, 0) is 0 Å². The number of benzene rings is 1. The Labute approximate surface area is 71.5 Å². The minimum Gasteiger partial charge on any atom is -0.344 e. The van der Waals surface area contributed by atoms with Crippen LogP contribution >= 0.6 is 0 Å². The van der Waals surface area contributed by atoms with Crippen LogP contribution < -0.4 is 11.6 Å². The van der Waals surface area contributed by atoms with Gasteiger partial charge < -0.3 is 6.15 Å². The normalized spacial score (nSPS) is 9.62. The van der Waals surface area contributed by atoms with E-state index in [1.54, 1.807) is 0 Å². The molecule has 72 valence electrons. The van der Waals surface area contributed by atoms with Gasteiger partial charge in [0.25, 0.3) is 0 Å². The van der Waals surface area contributed by atoms with Gasteiger partial charge in [0.2, 0.25) is 0 Å². The summed E-state index contributed by atoms with van der Waals surface area (Å²) in [6.07, 6.45) is 0. The van der Waals surface area contributed by atoms with Crippen molar-refractivity contribution in [2.75, 3.05) is 0 Å². The van der Waals surface area contributed by atoms with E-state index < -0.39 is 34.5 Å². The second-order valence-electron chi connectivity index (χ2n) is 2.19. The lowest BCUT2D eigenvalue weighted by atomic mass is 9.94. The molecule has 1 rings (SSSR count). The zero-order valence-electron chi connectivity index (χ0n) is 6.60. The third-order valence-electron chi connectivity index (χ3n) is 1.43. The van der Waals surface area contributed by atoms with Crippen LogP contribution in [0.25, 0.3) is 0 Å². The van der Waals surface area contributed by atoms with Gasteiger partial charge in [-0.2, -0.15) is 0 Å². The quantitative estimate of drug-likeness (QED) is 0.284. The van der Waals surface area contributed by atoms with E-state index in [1.165, 1.54) is 0 Å². The van der Waals surface area contributed by atoms with Crippen LogP contribution in [0.2, 0.25) is 0 Å². The fraction of sp³-hybridized carbons (Fsp3) is 0. The third kappa shape index (κ3) is 1.64. The zero-order chi connectivity index (χ0) is 9.46. The first-order valence-corrected chi connectivity index (χ1v) is 2.94. The predicted molar refractivity (Wildman–Crippen MR) is 39.4 cm³/mol. The molecule has 0 saturated heterocycles. The highest BCUT2D eigenvalue weighted by atomic mass is 19.2. The molecule has 0 bridgehead atoms. The summed E-state index contributed by atoms with van der Waals surface area (Å²) in [5.74, 6) is -9.52. The van der Waals surface area contributed by atoms with Crippen molar-refractivity contribution in [1.29, 1.82) is 0 Å². The molecular weight excluding hydrogens is 192 g/mol. The van der Waals surface area contributed by atoms with E-state index in [2.05, 4.69) is 0 Å². The van der Waals surface area contributed by atoms with Gasteiger partial charge in [0.1, 0.15) is 7.85 Å². The number of hydrogen-bond donors (Lipinski definition) is 1. The smallest absolute Gasteiger partial charge is 0.200 e. The van der Waals surface area contributed by atoms with Crippen LogP contribution in [0.3, 0.4) is 0 Å². The van der Waals surface area contributed by atoms with Crippen molar-refractivity contribution in [3.63, 3.8) is 0 Å². The maximum Gasteiger partial charge on any atom is 0.200 e. The van der Waals surface area contributed by atoms with E-state index in [4.69, 9.17) is 0 Å². The van der Waals surface area contributed by atoms with Gasteiger partial charge in [-0.1, -0.05) is 0 Å². The minimum atomic E-state index is -2.13. The lowest BCUT2D eigenvalue weighted by Gasteiger charge is -2.02. The van der Waals surface area contributed by atoms with Gasteiger partial charge in [-0.25, -0.2) is 22.0 Å². The number of hydrogen-bond acceptors (Lipinski definition) is 1. The Kier molecular flexibility index (Phi) is 3.42. The van der Waals surface area contributed by atoms with Crippen LogP contribution in [-0.4, -0.2) is 7.85 Å². The van der Waals surface area contributed by atoms with E-state index in [1.807, 2.05) is 0 Å². The lowest BCUT2D eigenvalue weighted by Crippen LogP contribution is -2.20. The van der Waals surface area contributed by atoms with Crippen molar-refractivity contribution in [2.45, 2.75) is 0 Å². The van der Waals surface area contributed by atoms with Gasteiger partial charge in [-0.15, -0.1) is 0 Å². The molecule has 3 N–H and O–H groups in total. The number of halogens is 5. The first kappa shape index (κ1) is 11.9. The lowest BCUT2D eigenvalue weighted by molar-refractivity contribution is 0.384. The van der Waals surface area contributed by atoms with Crippen molar-refractivity contribution in [2.24, 2.45) is 0 Å². The van der Waals surface area contributed by atoms with Gasteiger partial charge in [0.15, 0.2) is 29.1 Å². The molecular formula is C6H5BF5N. The molecule has 0 amide bonds. The maximum absolute atomic E-state index is 12.4. The highest BCUT2D eigenvalue weighted by molar-refractivity contribution is 6.32. The Morgan fingerprint density at radius 1 is 0.615 bits per heavy atom. The van der Waals surface area contributed by atoms with Gasteiger partial charge in [-0.05, 0) is 5.46 Å². The summed E-state index contributed by atoms with van der Waals surface area (Å²) in [5.41, 5.74) is -0.869. The molecule has 1 aromatic rings. The molecule has 13 heavy (non-hydrogen) atoms. The summed E-state index contributed by atoms with van der Waals surface area (Å²) in [4.78, 5) is 0. The van der Waals surface area contributed by atoms with Gasteiger partial charge in [0.05, 0.1) is 0 Å². The zero-order valence-corrected chi connectivity index (χ0v) is 6.60. The largest absolute Gasteiger partial charge is 0.344 e. The van der Waals surface area contributed by atoms with Gasteiger partial charge in [-0.3, -0.25) is 0 Å². The molecule has 0 aliphatic heterocycles. The van der Waals surface area contributed by atoms with Crippen LogP contribution in [0, 0.1) is 29.1 Å². The Bertz CT molecular complexity index is 235. The predicted octanol–water partition coefficient (Wildman–Crippen LogP) is 0.802. The molecule has 0 atom stereocenters. The average molecular weight is 197 g/mol. The van der Waals surface area contributed by atoms with Crippen LogP contribution in [0.4, 0.5) is 22.0 Å². The van der Waals surface area contributed by atoms with Crippen molar-refractivity contribution in [1.82, 2.24) is 6.15 Å². The second-order valence-corrected chi connectivity index (χ2v) is 2.19. The van der Waals surface area contributed by atoms with Crippen molar-refractivity contribution in [3.05, 3.63) is 29.1 Å². The molecule has 0 unspecified atom stereocenters. The molecule has 7 heteroatoms. The van der Waals surface area contributed by atoms with Gasteiger partial charge in [0, 0.05) is 0 Å². The average Bonchev–Trinajstić information content (AvgIpc) is 2.08. The summed E-state index contributed by atoms with van der Waals surface area (Å²) < 4.78 is 61.6. The third-order valence-corrected chi connectivity index (χ3v) is 1.43. The second kappa shape index (κ2) is 3.74. The van der Waals surface area contributed by atoms with Crippen LogP contribution in [0.15, 0.2) is 0 Å². The first-order valence-electron chi connectivity index (χ1n) is 2.94. The summed E-state index contributed by atoms with van der Waals surface area (Å²) in [7, 11) is 0.816. The van der Waals surface area contributed by atoms with E-state index in [0.29, 0.717) is 0 Å². The Hall–Kier alpha value is -1.11. The Balaban J connectivity index is 0.00000144. The topological polar surface area (TPSA) is 35.0 Å². The molecule has 0 fully saturated rings. The van der Waals surface area contributed by atoms with Crippen molar-refractivity contribution >= 4 is 13.3 Å². The first-order chi connectivity index (χ1) is 5.46. The van der Waals surface area contributed by atoms with Gasteiger partial charge >= 0.3 is 0 Å². The molecule has 0 heterocycles. The molecule has 0 aliphatic carbocycles. The highest BCUT2D eigenvalue weighted by Gasteiger charge is 2.22. The van der Waals surface area contributed by atoms with Crippen molar-refractivity contribution in [3.8, 4) is 0 Å². The molecule has 0 radical (unpaired) electrons. The summed E-state index contributed by atoms with van der Waals surface area (Å²) in [5, 5.41) is 0. The monoisotopic (exact) mass is 197 g/mol. The molecule has 0 aliphatic rings. The highest BCUT2D eigenvalue weighted by Crippen LogP contribution is 2.14. The fourth-order valence-corrected chi connectivity index (χ4v) is 0.715. The summed E-state index contributed by atoms with van der Waals surface area (Å²) in [6, 6.07) is 0. The summed E-state index contributed by atoms with van der Waals surface area (Å²) in [6.45, 7) is 0. The molecule has 1 nitrogen and oxygen atoms in total. The maximum atomic E-state index is 12.4. The molecule has 0 spiro atoms. The van der Waals surface area contributed by atoms with Crippen LogP contribution in [0.1, 0.15) is 0 Å². The summed E-state index contributed by atoms with van der Waals surface area (Å²) >= 11 is 0. The minimum absolute atomic E-state index is 0. The van der Waals surface area contributed by atoms with Crippen molar-refractivity contribution < 1.29 is 22.0 Å². The van der Waals surface area contributed by atoms with E-state index in [0.717, 1.165) is 7.85 Å². The van der Waals surface area contributed by atoms with E-state index in [-0.39, 0.29) is 6.15 Å². The molecule has 1 aromatic carbocycles. The Morgan fingerprint density at radius 3 is 1.15 bits per heavy atom. The van der Waals surface area contributed by atoms with Crippen LogP contribution in [0.5, 0.6) is 0 Å².